The Morgan fingerprint density at radius 2 is 1.65 bits per heavy atom. The van der Waals surface area contributed by atoms with Crippen LogP contribution < -0.4 is 4.74 Å². The highest BCUT2D eigenvalue weighted by Crippen LogP contribution is 2.35. The van der Waals surface area contributed by atoms with Crippen LogP contribution in [0.3, 0.4) is 0 Å². The number of para-hydroxylation sites is 1. The van der Waals surface area contributed by atoms with Crippen LogP contribution in [0.4, 0.5) is 0 Å². The molecule has 4 aromatic rings. The van der Waals surface area contributed by atoms with Gasteiger partial charge < -0.3 is 9.64 Å². The molecule has 1 aliphatic carbocycles. The largest absolute Gasteiger partial charge is 0.439 e. The smallest absolute Gasteiger partial charge is 0.254 e. The van der Waals surface area contributed by atoms with Gasteiger partial charge in [0.2, 0.25) is 5.88 Å². The summed E-state index contributed by atoms with van der Waals surface area (Å²) < 4.78 is 8.19. The van der Waals surface area contributed by atoms with Crippen LogP contribution in [0.25, 0.3) is 5.69 Å². The van der Waals surface area contributed by atoms with Crippen molar-refractivity contribution in [1.82, 2.24) is 14.7 Å². The SMILES string of the molecule is Cc1nn(-c2ccccc2)c(Oc2ccc(Cl)cc2)c1CN(CC1CC1)C(=O)c1ccccc1. The number of hydrogen-bond acceptors (Lipinski definition) is 3. The van der Waals surface area contributed by atoms with E-state index in [1.807, 2.05) is 89.3 Å². The lowest BCUT2D eigenvalue weighted by molar-refractivity contribution is 0.0733. The Kier molecular flexibility index (Phi) is 6.37. The molecule has 0 bridgehead atoms. The van der Waals surface area contributed by atoms with Crippen molar-refractivity contribution in [3.05, 3.63) is 107 Å². The molecule has 1 saturated carbocycles. The second kappa shape index (κ2) is 9.74. The molecule has 0 spiro atoms. The van der Waals surface area contributed by atoms with E-state index >= 15 is 0 Å². The first-order valence-electron chi connectivity index (χ1n) is 11.5. The zero-order valence-electron chi connectivity index (χ0n) is 19.0. The van der Waals surface area contributed by atoms with E-state index in [9.17, 15) is 4.79 Å². The Labute approximate surface area is 204 Å². The molecule has 6 heteroatoms. The van der Waals surface area contributed by atoms with Crippen LogP contribution in [0.15, 0.2) is 84.9 Å². The predicted molar refractivity (Wildman–Crippen MR) is 134 cm³/mol. The second-order valence-corrected chi connectivity index (χ2v) is 9.10. The molecule has 34 heavy (non-hydrogen) atoms. The summed E-state index contributed by atoms with van der Waals surface area (Å²) in [6.07, 6.45) is 2.32. The fourth-order valence-corrected chi connectivity index (χ4v) is 4.10. The summed E-state index contributed by atoms with van der Waals surface area (Å²) in [5.74, 6) is 1.84. The number of ether oxygens (including phenoxy) is 1. The average Bonchev–Trinajstić information content (AvgIpc) is 3.64. The van der Waals surface area contributed by atoms with Crippen molar-refractivity contribution in [3.8, 4) is 17.3 Å². The van der Waals surface area contributed by atoms with Gasteiger partial charge >= 0.3 is 0 Å². The Balaban J connectivity index is 1.54. The molecule has 0 radical (unpaired) electrons. The highest BCUT2D eigenvalue weighted by Gasteiger charge is 2.30. The van der Waals surface area contributed by atoms with E-state index < -0.39 is 0 Å². The first kappa shape index (κ1) is 22.2. The van der Waals surface area contributed by atoms with Crippen molar-refractivity contribution in [2.75, 3.05) is 6.54 Å². The number of hydrogen-bond donors (Lipinski definition) is 0. The number of rotatable bonds is 8. The van der Waals surface area contributed by atoms with Gasteiger partial charge in [-0.05, 0) is 74.2 Å². The summed E-state index contributed by atoms with van der Waals surface area (Å²) in [6.45, 7) is 3.11. The molecule has 0 atom stereocenters. The first-order valence-corrected chi connectivity index (χ1v) is 11.9. The van der Waals surface area contributed by atoms with Crippen LogP contribution in [0.2, 0.25) is 5.02 Å². The number of nitrogens with zero attached hydrogens (tertiary/aromatic N) is 3. The third kappa shape index (κ3) is 5.00. The molecule has 1 amide bonds. The zero-order valence-corrected chi connectivity index (χ0v) is 19.8. The molecule has 1 heterocycles. The molecular weight excluding hydrogens is 446 g/mol. The van der Waals surface area contributed by atoms with Gasteiger partial charge in [-0.1, -0.05) is 48.0 Å². The van der Waals surface area contributed by atoms with Gasteiger partial charge in [-0.15, -0.1) is 0 Å². The van der Waals surface area contributed by atoms with Crippen LogP contribution in [0.1, 0.15) is 34.5 Å². The Hall–Kier alpha value is -3.57. The Morgan fingerprint density at radius 1 is 1.00 bits per heavy atom. The first-order chi connectivity index (χ1) is 16.6. The van der Waals surface area contributed by atoms with E-state index in [2.05, 4.69) is 0 Å². The number of carbonyl (C=O) groups excluding carboxylic acids is 1. The lowest BCUT2D eigenvalue weighted by Gasteiger charge is -2.23. The number of aryl methyl sites for hydroxylation is 1. The van der Waals surface area contributed by atoms with Crippen molar-refractivity contribution in [1.29, 1.82) is 0 Å². The average molecular weight is 472 g/mol. The minimum atomic E-state index is 0.0248. The van der Waals surface area contributed by atoms with Crippen molar-refractivity contribution >= 4 is 17.5 Å². The van der Waals surface area contributed by atoms with Crippen LogP contribution >= 0.6 is 11.6 Å². The molecule has 5 nitrogen and oxygen atoms in total. The van der Waals surface area contributed by atoms with E-state index in [0.717, 1.165) is 36.3 Å². The van der Waals surface area contributed by atoms with Gasteiger partial charge in [-0.3, -0.25) is 4.79 Å². The maximum absolute atomic E-state index is 13.5. The summed E-state index contributed by atoms with van der Waals surface area (Å²) in [5, 5.41) is 5.45. The van der Waals surface area contributed by atoms with Gasteiger partial charge in [0.15, 0.2) is 0 Å². The maximum Gasteiger partial charge on any atom is 0.254 e. The minimum Gasteiger partial charge on any atom is -0.439 e. The van der Waals surface area contributed by atoms with Gasteiger partial charge in [0.1, 0.15) is 5.75 Å². The van der Waals surface area contributed by atoms with Crippen molar-refractivity contribution in [3.63, 3.8) is 0 Å². The van der Waals surface area contributed by atoms with Gasteiger partial charge in [0, 0.05) is 17.1 Å². The number of aromatic nitrogens is 2. The van der Waals surface area contributed by atoms with E-state index in [0.29, 0.717) is 34.7 Å². The summed E-state index contributed by atoms with van der Waals surface area (Å²) in [7, 11) is 0. The minimum absolute atomic E-state index is 0.0248. The molecule has 0 aliphatic heterocycles. The van der Waals surface area contributed by atoms with Crippen molar-refractivity contribution < 1.29 is 9.53 Å². The molecule has 0 saturated heterocycles. The summed E-state index contributed by atoms with van der Waals surface area (Å²) in [6, 6.07) is 26.6. The molecule has 3 aromatic carbocycles. The molecule has 0 unspecified atom stereocenters. The number of amides is 1. The third-order valence-corrected chi connectivity index (χ3v) is 6.25. The highest BCUT2D eigenvalue weighted by atomic mass is 35.5. The van der Waals surface area contributed by atoms with Crippen LogP contribution in [0.5, 0.6) is 11.6 Å². The number of halogens is 1. The summed E-state index contributed by atoms with van der Waals surface area (Å²) in [4.78, 5) is 15.4. The zero-order chi connectivity index (χ0) is 23.5. The molecular formula is C28H26ClN3O2. The lowest BCUT2D eigenvalue weighted by atomic mass is 10.1. The van der Waals surface area contributed by atoms with Gasteiger partial charge in [0.05, 0.1) is 23.5 Å². The number of carbonyl (C=O) groups is 1. The summed E-state index contributed by atoms with van der Waals surface area (Å²) in [5.41, 5.74) is 3.30. The molecule has 1 fully saturated rings. The van der Waals surface area contributed by atoms with E-state index in [4.69, 9.17) is 21.4 Å². The van der Waals surface area contributed by atoms with Crippen LogP contribution in [0, 0.1) is 12.8 Å². The Morgan fingerprint density at radius 3 is 2.29 bits per heavy atom. The normalized spacial score (nSPS) is 13.0. The second-order valence-electron chi connectivity index (χ2n) is 8.67. The fraction of sp³-hybridized carbons (Fsp3) is 0.214. The van der Waals surface area contributed by atoms with Crippen molar-refractivity contribution in [2.45, 2.75) is 26.3 Å². The van der Waals surface area contributed by atoms with Crippen LogP contribution in [-0.2, 0) is 6.54 Å². The maximum atomic E-state index is 13.5. The molecule has 0 N–H and O–H groups in total. The van der Waals surface area contributed by atoms with E-state index in [1.165, 1.54) is 0 Å². The van der Waals surface area contributed by atoms with Crippen molar-refractivity contribution in [2.24, 2.45) is 5.92 Å². The topological polar surface area (TPSA) is 47.4 Å². The molecule has 172 valence electrons. The number of benzene rings is 3. The Bertz CT molecular complexity index is 1270. The van der Waals surface area contributed by atoms with Gasteiger partial charge in [0.25, 0.3) is 5.91 Å². The standard InChI is InChI=1S/C28H26ClN3O2/c1-20-26(19-31(18-21-12-13-21)27(33)22-8-4-2-5-9-22)28(34-25-16-14-23(29)15-17-25)32(30-20)24-10-6-3-7-11-24/h2-11,14-17,21H,12-13,18-19H2,1H3. The van der Waals surface area contributed by atoms with E-state index in [-0.39, 0.29) is 5.91 Å². The van der Waals surface area contributed by atoms with Gasteiger partial charge in [-0.2, -0.15) is 5.10 Å². The molecule has 1 aliphatic rings. The monoisotopic (exact) mass is 471 g/mol. The van der Waals surface area contributed by atoms with Crippen LogP contribution in [-0.4, -0.2) is 27.1 Å². The molecule has 1 aromatic heterocycles. The lowest BCUT2D eigenvalue weighted by Crippen LogP contribution is -2.32. The molecule has 5 rings (SSSR count). The highest BCUT2D eigenvalue weighted by molar-refractivity contribution is 6.30. The van der Waals surface area contributed by atoms with Gasteiger partial charge in [-0.25, -0.2) is 4.68 Å². The predicted octanol–water partition coefficient (Wildman–Crippen LogP) is 6.68. The fourth-order valence-electron chi connectivity index (χ4n) is 3.97. The van der Waals surface area contributed by atoms with E-state index in [1.54, 1.807) is 12.1 Å². The quantitative estimate of drug-likeness (QED) is 0.288. The summed E-state index contributed by atoms with van der Waals surface area (Å²) >= 11 is 6.08. The third-order valence-electron chi connectivity index (χ3n) is 6.00.